The molecule has 4 saturated carbocycles. The van der Waals surface area contributed by atoms with Crippen LogP contribution < -0.4 is 5.32 Å². The molecule has 0 bridgehead atoms. The predicted molar refractivity (Wildman–Crippen MR) is 125 cm³/mol. The Morgan fingerprint density at radius 2 is 1.81 bits per heavy atom. The Kier molecular flexibility index (Phi) is 7.09. The van der Waals surface area contributed by atoms with E-state index in [1.807, 2.05) is 0 Å². The Morgan fingerprint density at radius 1 is 1.06 bits per heavy atom. The average Bonchev–Trinajstić information content (AvgIpc) is 3.13. The van der Waals surface area contributed by atoms with E-state index >= 15 is 0 Å². The SMILES string of the molecule is COC(=O)CCC(C)[C@H]1CCC2C3CC[C@@H]4C[C@@H](NCCO)CC[C@]4(C)C3CC[C@@]21C. The molecule has 0 aliphatic heterocycles. The van der Waals surface area contributed by atoms with E-state index in [0.29, 0.717) is 29.2 Å². The molecular formula is C27H47NO3. The van der Waals surface area contributed by atoms with Gasteiger partial charge in [-0.05, 0) is 111 Å². The summed E-state index contributed by atoms with van der Waals surface area (Å²) in [5.41, 5.74) is 0.996. The molecule has 9 atom stereocenters. The van der Waals surface area contributed by atoms with Crippen molar-refractivity contribution in [1.29, 1.82) is 0 Å². The Balaban J connectivity index is 1.43. The second-order valence-corrected chi connectivity index (χ2v) is 12.1. The van der Waals surface area contributed by atoms with Crippen molar-refractivity contribution < 1.29 is 14.6 Å². The van der Waals surface area contributed by atoms with Gasteiger partial charge in [0, 0.05) is 19.0 Å². The van der Waals surface area contributed by atoms with E-state index in [9.17, 15) is 9.90 Å². The monoisotopic (exact) mass is 433 g/mol. The maximum Gasteiger partial charge on any atom is 0.305 e. The number of hydrogen-bond acceptors (Lipinski definition) is 4. The van der Waals surface area contributed by atoms with Crippen molar-refractivity contribution in [1.82, 2.24) is 5.32 Å². The van der Waals surface area contributed by atoms with Gasteiger partial charge in [0.2, 0.25) is 0 Å². The molecule has 178 valence electrons. The summed E-state index contributed by atoms with van der Waals surface area (Å²) in [6.07, 6.45) is 13.9. The minimum atomic E-state index is -0.0504. The van der Waals surface area contributed by atoms with E-state index in [1.165, 1.54) is 64.9 Å². The van der Waals surface area contributed by atoms with Crippen LogP contribution in [0.4, 0.5) is 0 Å². The van der Waals surface area contributed by atoms with Crippen LogP contribution in [0.2, 0.25) is 0 Å². The topological polar surface area (TPSA) is 58.6 Å². The summed E-state index contributed by atoms with van der Waals surface area (Å²) in [5, 5.41) is 12.8. The van der Waals surface area contributed by atoms with Gasteiger partial charge in [-0.25, -0.2) is 0 Å². The fraction of sp³-hybridized carbons (Fsp3) is 0.963. The molecule has 4 unspecified atom stereocenters. The third kappa shape index (κ3) is 4.21. The zero-order chi connectivity index (χ0) is 22.2. The smallest absolute Gasteiger partial charge is 0.305 e. The molecule has 4 nitrogen and oxygen atoms in total. The number of hydrogen-bond donors (Lipinski definition) is 2. The van der Waals surface area contributed by atoms with Crippen LogP contribution in [0, 0.1) is 46.3 Å². The molecule has 0 saturated heterocycles. The Hall–Kier alpha value is -0.610. The first-order chi connectivity index (χ1) is 14.8. The minimum Gasteiger partial charge on any atom is -0.469 e. The fourth-order valence-corrected chi connectivity index (χ4v) is 9.34. The molecule has 0 aromatic heterocycles. The summed E-state index contributed by atoms with van der Waals surface area (Å²) in [7, 11) is 1.51. The van der Waals surface area contributed by atoms with Gasteiger partial charge in [0.05, 0.1) is 13.7 Å². The molecule has 0 amide bonds. The van der Waals surface area contributed by atoms with Gasteiger partial charge >= 0.3 is 5.97 Å². The van der Waals surface area contributed by atoms with Crippen molar-refractivity contribution in [2.24, 2.45) is 46.3 Å². The number of aliphatic hydroxyl groups excluding tert-OH is 1. The fourth-order valence-electron chi connectivity index (χ4n) is 9.34. The van der Waals surface area contributed by atoms with Crippen LogP contribution in [0.1, 0.15) is 91.4 Å². The van der Waals surface area contributed by atoms with Crippen LogP contribution in [0.5, 0.6) is 0 Å². The number of ether oxygens (including phenoxy) is 1. The second-order valence-electron chi connectivity index (χ2n) is 12.1. The van der Waals surface area contributed by atoms with Crippen molar-refractivity contribution in [3.05, 3.63) is 0 Å². The minimum absolute atomic E-state index is 0.0504. The highest BCUT2D eigenvalue weighted by molar-refractivity contribution is 5.69. The molecule has 4 aliphatic carbocycles. The molecule has 0 radical (unpaired) electrons. The molecule has 0 aromatic rings. The third-order valence-electron chi connectivity index (χ3n) is 11.0. The standard InChI is InChI=1S/C27H47NO3/c1-18(5-10-25(30)31-4)22-8-9-23-21-7-6-19-17-20(28-15-16-29)11-13-26(19,2)24(21)12-14-27(22,23)3/h18-24,28-29H,5-17H2,1-4H3/t18?,19-,20+,21?,22-,23?,24?,26+,27-/m1/s1. The molecule has 0 aromatic carbocycles. The van der Waals surface area contributed by atoms with Gasteiger partial charge in [0.25, 0.3) is 0 Å². The quantitative estimate of drug-likeness (QED) is 0.543. The first kappa shape index (κ1) is 23.5. The largest absolute Gasteiger partial charge is 0.469 e. The molecule has 4 fully saturated rings. The Bertz CT molecular complexity index is 638. The van der Waals surface area contributed by atoms with Crippen molar-refractivity contribution in [2.75, 3.05) is 20.3 Å². The number of nitrogens with one attached hydrogen (secondary N) is 1. The van der Waals surface area contributed by atoms with Gasteiger partial charge < -0.3 is 15.2 Å². The van der Waals surface area contributed by atoms with Crippen molar-refractivity contribution in [3.63, 3.8) is 0 Å². The maximum absolute atomic E-state index is 11.7. The third-order valence-corrected chi connectivity index (χ3v) is 11.0. The number of carbonyl (C=O) groups excluding carboxylic acids is 1. The normalized spacial score (nSPS) is 45.3. The number of rotatable bonds is 7. The summed E-state index contributed by atoms with van der Waals surface area (Å²) < 4.78 is 4.90. The first-order valence-corrected chi connectivity index (χ1v) is 13.2. The number of aliphatic hydroxyl groups is 1. The maximum atomic E-state index is 11.7. The Labute approximate surface area is 190 Å². The van der Waals surface area contributed by atoms with Gasteiger partial charge in [0.1, 0.15) is 0 Å². The van der Waals surface area contributed by atoms with Crippen LogP contribution in [0.15, 0.2) is 0 Å². The zero-order valence-corrected chi connectivity index (χ0v) is 20.5. The lowest BCUT2D eigenvalue weighted by Crippen LogP contribution is -2.55. The highest BCUT2D eigenvalue weighted by atomic mass is 16.5. The summed E-state index contributed by atoms with van der Waals surface area (Å²) in [6.45, 7) is 8.65. The number of fused-ring (bicyclic) bond motifs is 5. The van der Waals surface area contributed by atoms with Gasteiger partial charge in [-0.3, -0.25) is 4.79 Å². The number of esters is 1. The van der Waals surface area contributed by atoms with E-state index in [2.05, 4.69) is 26.1 Å². The molecule has 4 aliphatic rings. The van der Waals surface area contributed by atoms with Crippen LogP contribution >= 0.6 is 0 Å². The highest BCUT2D eigenvalue weighted by Gasteiger charge is 2.60. The molecule has 0 spiro atoms. The molecule has 4 heteroatoms. The number of methoxy groups -OCH3 is 1. The van der Waals surface area contributed by atoms with E-state index in [1.54, 1.807) is 0 Å². The zero-order valence-electron chi connectivity index (χ0n) is 20.5. The molecule has 2 N–H and O–H groups in total. The molecule has 31 heavy (non-hydrogen) atoms. The average molecular weight is 434 g/mol. The summed E-state index contributed by atoms with van der Waals surface area (Å²) in [4.78, 5) is 11.7. The van der Waals surface area contributed by atoms with Crippen molar-refractivity contribution in [2.45, 2.75) is 97.4 Å². The summed E-state index contributed by atoms with van der Waals surface area (Å²) in [6, 6.07) is 0.613. The molecular weight excluding hydrogens is 386 g/mol. The van der Waals surface area contributed by atoms with Gasteiger partial charge in [-0.1, -0.05) is 20.8 Å². The molecule has 4 rings (SSSR count). The van der Waals surface area contributed by atoms with E-state index in [0.717, 1.165) is 42.6 Å². The second kappa shape index (κ2) is 9.33. The van der Waals surface area contributed by atoms with Gasteiger partial charge in [-0.2, -0.15) is 0 Å². The van der Waals surface area contributed by atoms with Crippen LogP contribution in [-0.4, -0.2) is 37.4 Å². The lowest BCUT2D eigenvalue weighted by atomic mass is 9.44. The lowest BCUT2D eigenvalue weighted by molar-refractivity contribution is -0.141. The van der Waals surface area contributed by atoms with E-state index < -0.39 is 0 Å². The molecule has 0 heterocycles. The van der Waals surface area contributed by atoms with Gasteiger partial charge in [-0.15, -0.1) is 0 Å². The first-order valence-electron chi connectivity index (χ1n) is 13.2. The number of carbonyl (C=O) groups is 1. The summed E-state index contributed by atoms with van der Waals surface area (Å²) >= 11 is 0. The lowest BCUT2D eigenvalue weighted by Gasteiger charge is -2.61. The Morgan fingerprint density at radius 3 is 2.55 bits per heavy atom. The van der Waals surface area contributed by atoms with Gasteiger partial charge in [0.15, 0.2) is 0 Å². The van der Waals surface area contributed by atoms with E-state index in [4.69, 9.17) is 4.74 Å². The van der Waals surface area contributed by atoms with Crippen LogP contribution in [-0.2, 0) is 9.53 Å². The highest BCUT2D eigenvalue weighted by Crippen LogP contribution is 2.68. The van der Waals surface area contributed by atoms with Crippen LogP contribution in [0.3, 0.4) is 0 Å². The predicted octanol–water partition coefficient (Wildman–Crippen LogP) is 5.19. The van der Waals surface area contributed by atoms with Crippen molar-refractivity contribution in [3.8, 4) is 0 Å². The van der Waals surface area contributed by atoms with Crippen molar-refractivity contribution >= 4 is 5.97 Å². The van der Waals surface area contributed by atoms with E-state index in [-0.39, 0.29) is 12.6 Å². The van der Waals surface area contributed by atoms with Crippen LogP contribution in [0.25, 0.3) is 0 Å². The summed E-state index contributed by atoms with van der Waals surface area (Å²) in [5.74, 6) is 4.91.